The van der Waals surface area contributed by atoms with Gasteiger partial charge in [0.1, 0.15) is 35.9 Å². The van der Waals surface area contributed by atoms with Crippen molar-refractivity contribution in [2.75, 3.05) is 13.7 Å². The first-order chi connectivity index (χ1) is 13.5. The van der Waals surface area contributed by atoms with Crippen LogP contribution in [0.3, 0.4) is 0 Å². The fraction of sp³-hybridized carbons (Fsp3) is 0.368. The van der Waals surface area contributed by atoms with Gasteiger partial charge in [-0.05, 0) is 29.0 Å². The Morgan fingerprint density at radius 1 is 1.04 bits per heavy atom. The summed E-state index contributed by atoms with van der Waals surface area (Å²) in [7, 11) is 1.62. The summed E-state index contributed by atoms with van der Waals surface area (Å²) >= 11 is 0. The van der Waals surface area contributed by atoms with Crippen LogP contribution in [0.15, 0.2) is 42.6 Å². The molecule has 148 valence electrons. The number of aliphatic hydroxyl groups excluding tert-OH is 4. The molecule has 1 aliphatic heterocycles. The third kappa shape index (κ3) is 3.23. The molecule has 0 saturated carbocycles. The SMILES string of the molecule is COc1ccc2cc(-c3cn(C4O[C@H](CO)[C@@H](O)[C@H](O)[C@H]4O)nn3)ccc2c1. The Kier molecular flexibility index (Phi) is 5.00. The smallest absolute Gasteiger partial charge is 0.180 e. The average Bonchev–Trinajstić information content (AvgIpc) is 3.21. The van der Waals surface area contributed by atoms with E-state index in [1.165, 1.54) is 4.68 Å². The van der Waals surface area contributed by atoms with Crippen LogP contribution in [-0.2, 0) is 4.74 Å². The molecule has 1 aliphatic rings. The molecule has 1 fully saturated rings. The Morgan fingerprint density at radius 2 is 1.79 bits per heavy atom. The van der Waals surface area contributed by atoms with Gasteiger partial charge in [0.2, 0.25) is 0 Å². The summed E-state index contributed by atoms with van der Waals surface area (Å²) in [5.74, 6) is 0.772. The maximum Gasteiger partial charge on any atom is 0.180 e. The number of benzene rings is 2. The molecule has 9 heteroatoms. The minimum absolute atomic E-state index is 0.503. The molecule has 1 saturated heterocycles. The highest BCUT2D eigenvalue weighted by atomic mass is 16.6. The van der Waals surface area contributed by atoms with Crippen LogP contribution in [-0.4, -0.2) is 73.6 Å². The van der Waals surface area contributed by atoms with Crippen molar-refractivity contribution in [2.24, 2.45) is 0 Å². The Hall–Kier alpha value is -2.56. The van der Waals surface area contributed by atoms with Gasteiger partial charge in [0.15, 0.2) is 6.23 Å². The summed E-state index contributed by atoms with van der Waals surface area (Å²) < 4.78 is 12.0. The molecule has 4 rings (SSSR count). The van der Waals surface area contributed by atoms with E-state index in [0.29, 0.717) is 5.69 Å². The molecule has 0 amide bonds. The number of fused-ring (bicyclic) bond motifs is 1. The molecule has 4 N–H and O–H groups in total. The first-order valence-electron chi connectivity index (χ1n) is 8.82. The second-order valence-electron chi connectivity index (χ2n) is 6.73. The molecular weight excluding hydrogens is 366 g/mol. The van der Waals surface area contributed by atoms with Crippen molar-refractivity contribution in [3.8, 4) is 17.0 Å². The van der Waals surface area contributed by atoms with E-state index in [2.05, 4.69) is 10.3 Å². The number of hydrogen-bond acceptors (Lipinski definition) is 8. The van der Waals surface area contributed by atoms with Gasteiger partial charge < -0.3 is 29.9 Å². The molecule has 0 bridgehead atoms. The summed E-state index contributed by atoms with van der Waals surface area (Å²) in [6.45, 7) is -0.503. The lowest BCUT2D eigenvalue weighted by Crippen LogP contribution is -2.56. The van der Waals surface area contributed by atoms with E-state index in [0.717, 1.165) is 22.1 Å². The van der Waals surface area contributed by atoms with Crippen molar-refractivity contribution in [2.45, 2.75) is 30.6 Å². The summed E-state index contributed by atoms with van der Waals surface area (Å²) in [6, 6.07) is 11.5. The molecule has 5 atom stereocenters. The predicted octanol–water partition coefficient (Wildman–Crippen LogP) is 0.0793. The molecule has 0 spiro atoms. The van der Waals surface area contributed by atoms with Crippen LogP contribution in [0.5, 0.6) is 5.75 Å². The van der Waals surface area contributed by atoms with Crippen LogP contribution in [0.2, 0.25) is 0 Å². The lowest BCUT2D eigenvalue weighted by molar-refractivity contribution is -0.254. The standard InChI is InChI=1S/C19H21N3O6/c1-27-13-5-4-10-6-12(3-2-11(10)7-13)14-8-22(21-20-14)19-18(26)17(25)16(24)15(9-23)28-19/h2-8,15-19,23-26H,9H2,1H3/t15-,16-,17+,18-,19?/m1/s1. The van der Waals surface area contributed by atoms with Crippen molar-refractivity contribution in [1.82, 2.24) is 15.0 Å². The fourth-order valence-electron chi connectivity index (χ4n) is 3.34. The van der Waals surface area contributed by atoms with Crippen molar-refractivity contribution in [3.63, 3.8) is 0 Å². The van der Waals surface area contributed by atoms with Gasteiger partial charge in [0.05, 0.1) is 19.9 Å². The third-order valence-corrected chi connectivity index (χ3v) is 4.98. The molecule has 9 nitrogen and oxygen atoms in total. The second-order valence-corrected chi connectivity index (χ2v) is 6.73. The van der Waals surface area contributed by atoms with Crippen LogP contribution in [0.1, 0.15) is 6.23 Å². The van der Waals surface area contributed by atoms with Crippen LogP contribution in [0.4, 0.5) is 0 Å². The maximum atomic E-state index is 10.2. The van der Waals surface area contributed by atoms with E-state index in [9.17, 15) is 20.4 Å². The molecule has 3 aromatic rings. The second kappa shape index (κ2) is 7.46. The molecule has 1 unspecified atom stereocenters. The predicted molar refractivity (Wildman–Crippen MR) is 98.5 cm³/mol. The van der Waals surface area contributed by atoms with E-state index < -0.39 is 37.3 Å². The minimum Gasteiger partial charge on any atom is -0.497 e. The van der Waals surface area contributed by atoms with E-state index in [4.69, 9.17) is 9.47 Å². The highest BCUT2D eigenvalue weighted by Gasteiger charge is 2.44. The zero-order valence-corrected chi connectivity index (χ0v) is 15.1. The summed E-state index contributed by atoms with van der Waals surface area (Å²) in [6.07, 6.45) is -4.82. The van der Waals surface area contributed by atoms with Gasteiger partial charge in [0, 0.05) is 5.56 Å². The number of aliphatic hydroxyl groups is 4. The number of aromatic nitrogens is 3. The van der Waals surface area contributed by atoms with Gasteiger partial charge in [-0.2, -0.15) is 0 Å². The first kappa shape index (κ1) is 18.8. The van der Waals surface area contributed by atoms with Crippen LogP contribution >= 0.6 is 0 Å². The molecule has 28 heavy (non-hydrogen) atoms. The van der Waals surface area contributed by atoms with Crippen LogP contribution < -0.4 is 4.74 Å². The number of nitrogens with zero attached hydrogens (tertiary/aromatic N) is 3. The lowest BCUT2D eigenvalue weighted by atomic mass is 9.98. The normalized spacial score (nSPS) is 27.8. The van der Waals surface area contributed by atoms with Gasteiger partial charge in [-0.1, -0.05) is 23.4 Å². The first-order valence-corrected chi connectivity index (χ1v) is 8.82. The molecule has 0 aliphatic carbocycles. The number of hydrogen-bond donors (Lipinski definition) is 4. The monoisotopic (exact) mass is 387 g/mol. The van der Waals surface area contributed by atoms with Crippen molar-refractivity contribution in [3.05, 3.63) is 42.6 Å². The van der Waals surface area contributed by atoms with E-state index >= 15 is 0 Å². The Bertz CT molecular complexity index is 975. The van der Waals surface area contributed by atoms with E-state index in [1.807, 2.05) is 36.4 Å². The number of rotatable bonds is 4. The minimum atomic E-state index is -1.47. The van der Waals surface area contributed by atoms with Crippen LogP contribution in [0, 0.1) is 0 Å². The van der Waals surface area contributed by atoms with Gasteiger partial charge in [-0.25, -0.2) is 4.68 Å². The summed E-state index contributed by atoms with van der Waals surface area (Å²) in [5.41, 5.74) is 1.36. The number of methoxy groups -OCH3 is 1. The Morgan fingerprint density at radius 3 is 2.54 bits per heavy atom. The van der Waals surface area contributed by atoms with Gasteiger partial charge in [0.25, 0.3) is 0 Å². The average molecular weight is 387 g/mol. The third-order valence-electron chi connectivity index (χ3n) is 4.98. The topological polar surface area (TPSA) is 130 Å². The van der Waals surface area contributed by atoms with E-state index in [1.54, 1.807) is 13.3 Å². The van der Waals surface area contributed by atoms with Gasteiger partial charge in [-0.3, -0.25) is 0 Å². The summed E-state index contributed by atoms with van der Waals surface area (Å²) in [5, 5.41) is 49.5. The van der Waals surface area contributed by atoms with Crippen molar-refractivity contribution in [1.29, 1.82) is 0 Å². The zero-order valence-electron chi connectivity index (χ0n) is 15.1. The van der Waals surface area contributed by atoms with Crippen molar-refractivity contribution >= 4 is 10.8 Å². The highest BCUT2D eigenvalue weighted by Crippen LogP contribution is 2.30. The molecule has 0 radical (unpaired) electrons. The zero-order chi connectivity index (χ0) is 19.8. The molecule has 1 aromatic heterocycles. The summed E-state index contributed by atoms with van der Waals surface area (Å²) in [4.78, 5) is 0. The Labute approximate surface area is 160 Å². The van der Waals surface area contributed by atoms with E-state index in [-0.39, 0.29) is 0 Å². The quantitative estimate of drug-likeness (QED) is 0.495. The van der Waals surface area contributed by atoms with Crippen LogP contribution in [0.25, 0.3) is 22.0 Å². The van der Waals surface area contributed by atoms with Gasteiger partial charge >= 0.3 is 0 Å². The molecule has 2 heterocycles. The number of ether oxygens (including phenoxy) is 2. The fourth-order valence-corrected chi connectivity index (χ4v) is 3.34. The van der Waals surface area contributed by atoms with Crippen molar-refractivity contribution < 1.29 is 29.9 Å². The molecular formula is C19H21N3O6. The Balaban J connectivity index is 1.63. The molecule has 2 aromatic carbocycles. The lowest BCUT2D eigenvalue weighted by Gasteiger charge is -2.39. The maximum absolute atomic E-state index is 10.2. The largest absolute Gasteiger partial charge is 0.497 e. The highest BCUT2D eigenvalue weighted by molar-refractivity contribution is 5.87. The van der Waals surface area contributed by atoms with Gasteiger partial charge in [-0.15, -0.1) is 5.10 Å².